The minimum absolute atomic E-state index is 0.109. The number of methoxy groups -OCH3 is 3. The molecule has 0 spiro atoms. The van der Waals surface area contributed by atoms with Crippen LogP contribution in [0.15, 0.2) is 41.8 Å². The van der Waals surface area contributed by atoms with Gasteiger partial charge in [0, 0.05) is 29.1 Å². The Bertz CT molecular complexity index is 983. The van der Waals surface area contributed by atoms with E-state index in [2.05, 4.69) is 29.4 Å². The molecule has 0 unspecified atom stereocenters. The van der Waals surface area contributed by atoms with Crippen molar-refractivity contribution >= 4 is 17.2 Å². The van der Waals surface area contributed by atoms with E-state index in [9.17, 15) is 4.79 Å². The van der Waals surface area contributed by atoms with Crippen LogP contribution in [0, 0.1) is 6.92 Å². The van der Waals surface area contributed by atoms with E-state index in [0.29, 0.717) is 23.8 Å². The lowest BCUT2D eigenvalue weighted by Gasteiger charge is -2.14. The summed E-state index contributed by atoms with van der Waals surface area (Å²) in [6, 6.07) is 11.7. The number of carbonyl (C=O) groups is 1. The summed E-state index contributed by atoms with van der Waals surface area (Å²) in [5.74, 6) is 1.67. The van der Waals surface area contributed by atoms with Crippen molar-refractivity contribution < 1.29 is 19.0 Å². The van der Waals surface area contributed by atoms with Crippen LogP contribution in [0.4, 0.5) is 0 Å². The highest BCUT2D eigenvalue weighted by Crippen LogP contribution is 2.34. The van der Waals surface area contributed by atoms with Gasteiger partial charge in [0.25, 0.3) is 0 Å². The highest BCUT2D eigenvalue weighted by molar-refractivity contribution is 7.13. The summed E-state index contributed by atoms with van der Waals surface area (Å²) in [7, 11) is 4.71. The molecule has 1 amide bonds. The number of hydrogen-bond acceptors (Lipinski definition) is 6. The largest absolute Gasteiger partial charge is 0.496 e. The lowest BCUT2D eigenvalue weighted by atomic mass is 10.1. The van der Waals surface area contributed by atoms with Crippen molar-refractivity contribution in [1.82, 2.24) is 10.3 Å². The molecular formula is C22H24N2O4S. The summed E-state index contributed by atoms with van der Waals surface area (Å²) in [5, 5.41) is 5.75. The van der Waals surface area contributed by atoms with Crippen LogP contribution >= 0.6 is 11.3 Å². The van der Waals surface area contributed by atoms with Gasteiger partial charge in [-0.3, -0.25) is 4.79 Å². The summed E-state index contributed by atoms with van der Waals surface area (Å²) >= 11 is 1.54. The Balaban J connectivity index is 1.64. The van der Waals surface area contributed by atoms with E-state index in [1.807, 2.05) is 17.5 Å². The lowest BCUT2D eigenvalue weighted by Crippen LogP contribution is -2.25. The number of nitrogens with one attached hydrogen (secondary N) is 1. The van der Waals surface area contributed by atoms with Crippen molar-refractivity contribution in [1.29, 1.82) is 0 Å². The quantitative estimate of drug-likeness (QED) is 0.606. The van der Waals surface area contributed by atoms with Crippen molar-refractivity contribution in [3.05, 3.63) is 58.6 Å². The number of rotatable bonds is 8. The van der Waals surface area contributed by atoms with Crippen LogP contribution < -0.4 is 19.5 Å². The number of thiazole rings is 1. The molecule has 0 fully saturated rings. The standard InChI is InChI=1S/C22H24N2O4S/c1-14-5-7-15(8-6-14)22-24-17(13-29-22)10-21(25)23-12-16-9-19(27-3)20(28-4)11-18(16)26-2/h5-9,11,13H,10,12H2,1-4H3,(H,23,25). The van der Waals surface area contributed by atoms with Gasteiger partial charge in [-0.1, -0.05) is 29.8 Å². The van der Waals surface area contributed by atoms with E-state index >= 15 is 0 Å². The van der Waals surface area contributed by atoms with E-state index < -0.39 is 0 Å². The Hall–Kier alpha value is -3.06. The van der Waals surface area contributed by atoms with E-state index in [1.54, 1.807) is 33.5 Å². The van der Waals surface area contributed by atoms with Crippen molar-refractivity contribution in [2.45, 2.75) is 19.9 Å². The molecule has 2 aromatic carbocycles. The van der Waals surface area contributed by atoms with Crippen LogP contribution in [0.3, 0.4) is 0 Å². The average molecular weight is 413 g/mol. The predicted octanol–water partition coefficient (Wildman–Crippen LogP) is 4.00. The molecule has 0 aliphatic carbocycles. The third kappa shape index (κ3) is 5.06. The van der Waals surface area contributed by atoms with E-state index in [-0.39, 0.29) is 12.3 Å². The third-order valence-electron chi connectivity index (χ3n) is 4.45. The molecule has 0 atom stereocenters. The molecule has 3 rings (SSSR count). The van der Waals surface area contributed by atoms with Crippen LogP contribution in [-0.4, -0.2) is 32.2 Å². The molecule has 7 heteroatoms. The van der Waals surface area contributed by atoms with Gasteiger partial charge < -0.3 is 19.5 Å². The van der Waals surface area contributed by atoms with Crippen LogP contribution in [0.5, 0.6) is 17.2 Å². The summed E-state index contributed by atoms with van der Waals surface area (Å²) < 4.78 is 16.0. The maximum atomic E-state index is 12.4. The number of nitrogens with zero attached hydrogens (tertiary/aromatic N) is 1. The fourth-order valence-electron chi connectivity index (χ4n) is 2.87. The van der Waals surface area contributed by atoms with Gasteiger partial charge in [-0.15, -0.1) is 11.3 Å². The third-order valence-corrected chi connectivity index (χ3v) is 5.39. The second kappa shape index (κ2) is 9.43. The molecule has 152 valence electrons. The van der Waals surface area contributed by atoms with Crippen LogP contribution in [0.2, 0.25) is 0 Å². The molecule has 0 saturated carbocycles. The zero-order valence-corrected chi connectivity index (χ0v) is 17.8. The molecule has 6 nitrogen and oxygen atoms in total. The number of benzene rings is 2. The smallest absolute Gasteiger partial charge is 0.226 e. The number of aromatic nitrogens is 1. The topological polar surface area (TPSA) is 69.7 Å². The number of ether oxygens (including phenoxy) is 3. The second-order valence-corrected chi connectivity index (χ2v) is 7.34. The summed E-state index contributed by atoms with van der Waals surface area (Å²) in [6.45, 7) is 2.37. The number of aryl methyl sites for hydroxylation is 1. The first-order chi connectivity index (χ1) is 14.0. The highest BCUT2D eigenvalue weighted by atomic mass is 32.1. The van der Waals surface area contributed by atoms with Gasteiger partial charge in [-0.25, -0.2) is 4.98 Å². The van der Waals surface area contributed by atoms with E-state index in [0.717, 1.165) is 21.8 Å². The number of carbonyl (C=O) groups excluding carboxylic acids is 1. The van der Waals surface area contributed by atoms with Crippen molar-refractivity contribution in [2.75, 3.05) is 21.3 Å². The van der Waals surface area contributed by atoms with Gasteiger partial charge in [0.05, 0.1) is 33.4 Å². The van der Waals surface area contributed by atoms with Crippen LogP contribution in [0.25, 0.3) is 10.6 Å². The molecule has 1 heterocycles. The number of amides is 1. The SMILES string of the molecule is COc1cc(OC)c(OC)cc1CNC(=O)Cc1csc(-c2ccc(C)cc2)n1. The first kappa shape index (κ1) is 20.7. The van der Waals surface area contributed by atoms with E-state index in [4.69, 9.17) is 14.2 Å². The van der Waals surface area contributed by atoms with Crippen molar-refractivity contribution in [2.24, 2.45) is 0 Å². The maximum absolute atomic E-state index is 12.4. The lowest BCUT2D eigenvalue weighted by molar-refractivity contribution is -0.120. The summed E-state index contributed by atoms with van der Waals surface area (Å²) in [5.41, 5.74) is 3.82. The van der Waals surface area contributed by atoms with Crippen LogP contribution in [-0.2, 0) is 17.8 Å². The Morgan fingerprint density at radius 3 is 2.31 bits per heavy atom. The minimum atomic E-state index is -0.109. The molecule has 29 heavy (non-hydrogen) atoms. The van der Waals surface area contributed by atoms with Gasteiger partial charge in [0.1, 0.15) is 10.8 Å². The fraction of sp³-hybridized carbons (Fsp3) is 0.273. The predicted molar refractivity (Wildman–Crippen MR) is 114 cm³/mol. The van der Waals surface area contributed by atoms with Gasteiger partial charge in [0.15, 0.2) is 11.5 Å². The Kier molecular flexibility index (Phi) is 6.72. The molecule has 1 aromatic heterocycles. The Morgan fingerprint density at radius 2 is 1.66 bits per heavy atom. The first-order valence-corrected chi connectivity index (χ1v) is 9.99. The summed E-state index contributed by atoms with van der Waals surface area (Å²) in [4.78, 5) is 17.0. The number of hydrogen-bond donors (Lipinski definition) is 1. The average Bonchev–Trinajstić information content (AvgIpc) is 3.20. The fourth-order valence-corrected chi connectivity index (χ4v) is 3.69. The van der Waals surface area contributed by atoms with E-state index in [1.165, 1.54) is 16.9 Å². The van der Waals surface area contributed by atoms with Gasteiger partial charge in [0.2, 0.25) is 5.91 Å². The highest BCUT2D eigenvalue weighted by Gasteiger charge is 2.14. The monoisotopic (exact) mass is 412 g/mol. The second-order valence-electron chi connectivity index (χ2n) is 6.48. The first-order valence-electron chi connectivity index (χ1n) is 9.11. The molecule has 0 radical (unpaired) electrons. The zero-order valence-electron chi connectivity index (χ0n) is 16.9. The van der Waals surface area contributed by atoms with Gasteiger partial charge in [-0.05, 0) is 13.0 Å². The molecule has 0 saturated heterocycles. The minimum Gasteiger partial charge on any atom is -0.496 e. The Labute approximate surface area is 174 Å². The maximum Gasteiger partial charge on any atom is 0.226 e. The molecule has 0 bridgehead atoms. The van der Waals surface area contributed by atoms with Crippen molar-refractivity contribution in [3.63, 3.8) is 0 Å². The summed E-state index contributed by atoms with van der Waals surface area (Å²) in [6.07, 6.45) is 0.220. The Morgan fingerprint density at radius 1 is 1.00 bits per heavy atom. The normalized spacial score (nSPS) is 10.5. The molecule has 1 N–H and O–H groups in total. The zero-order chi connectivity index (χ0) is 20.8. The van der Waals surface area contributed by atoms with Gasteiger partial charge >= 0.3 is 0 Å². The van der Waals surface area contributed by atoms with Crippen LogP contribution in [0.1, 0.15) is 16.8 Å². The van der Waals surface area contributed by atoms with Gasteiger partial charge in [-0.2, -0.15) is 0 Å². The molecule has 0 aliphatic rings. The molecular weight excluding hydrogens is 388 g/mol. The molecule has 3 aromatic rings. The molecule has 0 aliphatic heterocycles. The van der Waals surface area contributed by atoms with Crippen molar-refractivity contribution in [3.8, 4) is 27.8 Å².